The van der Waals surface area contributed by atoms with Crippen molar-refractivity contribution in [2.75, 3.05) is 0 Å². The van der Waals surface area contributed by atoms with Gasteiger partial charge in [0.2, 0.25) is 0 Å². The molecule has 2 N–H and O–H groups in total. The van der Waals surface area contributed by atoms with Gasteiger partial charge in [0, 0.05) is 5.56 Å². The molecule has 0 unspecified atom stereocenters. The van der Waals surface area contributed by atoms with Crippen LogP contribution >= 0.6 is 0 Å². The van der Waals surface area contributed by atoms with Crippen LogP contribution in [-0.2, 0) is 16.1 Å². The molecule has 1 rings (SSSR count). The minimum Gasteiger partial charge on any atom is -0.463 e. The number of benzene rings is 1. The van der Waals surface area contributed by atoms with E-state index in [9.17, 15) is 9.18 Å². The van der Waals surface area contributed by atoms with Gasteiger partial charge in [0.05, 0.1) is 0 Å². The zero-order chi connectivity index (χ0) is 10.6. The Labute approximate surface area is 80.1 Å². The van der Waals surface area contributed by atoms with E-state index in [0.717, 1.165) is 6.07 Å². The summed E-state index contributed by atoms with van der Waals surface area (Å²) in [6.07, 6.45) is 0. The van der Waals surface area contributed by atoms with E-state index in [1.54, 1.807) is 0 Å². The third-order valence-electron chi connectivity index (χ3n) is 1.68. The minimum absolute atomic E-state index is 0.0531. The van der Waals surface area contributed by atoms with Crippen molar-refractivity contribution >= 4 is 19.1 Å². The van der Waals surface area contributed by atoms with Gasteiger partial charge in [0.25, 0.3) is 6.47 Å². The van der Waals surface area contributed by atoms with Crippen molar-refractivity contribution in [3.63, 3.8) is 0 Å². The van der Waals surface area contributed by atoms with Crippen molar-refractivity contribution in [1.82, 2.24) is 0 Å². The molecule has 0 aromatic heterocycles. The molecule has 0 aliphatic carbocycles. The van der Waals surface area contributed by atoms with Gasteiger partial charge in [-0.1, -0.05) is 12.1 Å². The summed E-state index contributed by atoms with van der Waals surface area (Å²) in [6.45, 7) is 0.0470. The van der Waals surface area contributed by atoms with Crippen LogP contribution in [0.15, 0.2) is 18.2 Å². The van der Waals surface area contributed by atoms with Crippen LogP contribution in [0, 0.1) is 5.82 Å². The monoisotopic (exact) mass is 198 g/mol. The summed E-state index contributed by atoms with van der Waals surface area (Å²) in [7, 11) is -1.70. The van der Waals surface area contributed by atoms with Crippen molar-refractivity contribution in [3.8, 4) is 0 Å². The lowest BCUT2D eigenvalue weighted by Crippen LogP contribution is -2.30. The quantitative estimate of drug-likeness (QED) is 0.489. The molecule has 0 fully saturated rings. The van der Waals surface area contributed by atoms with E-state index in [4.69, 9.17) is 10.0 Å². The highest BCUT2D eigenvalue weighted by Crippen LogP contribution is 2.06. The molecule has 0 saturated carbocycles. The van der Waals surface area contributed by atoms with Gasteiger partial charge < -0.3 is 14.8 Å². The molecule has 0 heterocycles. The van der Waals surface area contributed by atoms with Crippen molar-refractivity contribution in [2.24, 2.45) is 0 Å². The molecule has 14 heavy (non-hydrogen) atoms. The number of halogens is 1. The standard InChI is InChI=1S/C8H8BFO4/c10-8-3-7(9(12)13)2-1-6(8)4-14-5-11/h1-3,5,12-13H,4H2. The number of hydrogen-bond acceptors (Lipinski definition) is 4. The van der Waals surface area contributed by atoms with Crippen LogP contribution in [0.3, 0.4) is 0 Å². The lowest BCUT2D eigenvalue weighted by molar-refractivity contribution is -0.129. The Hall–Kier alpha value is -1.40. The highest BCUT2D eigenvalue weighted by Gasteiger charge is 2.13. The Balaban J connectivity index is 2.84. The van der Waals surface area contributed by atoms with E-state index in [0.29, 0.717) is 0 Å². The Kier molecular flexibility index (Phi) is 3.61. The van der Waals surface area contributed by atoms with Crippen LogP contribution in [0.5, 0.6) is 0 Å². The summed E-state index contributed by atoms with van der Waals surface area (Å²) in [5.41, 5.74) is 0.235. The summed E-state index contributed by atoms with van der Waals surface area (Å²) in [4.78, 5) is 9.84. The second kappa shape index (κ2) is 4.73. The van der Waals surface area contributed by atoms with Gasteiger partial charge >= 0.3 is 7.12 Å². The number of ether oxygens (including phenoxy) is 1. The number of carbonyl (C=O) groups excluding carboxylic acids is 1. The Morgan fingerprint density at radius 3 is 2.71 bits per heavy atom. The fourth-order valence-corrected chi connectivity index (χ4v) is 0.965. The Bertz CT molecular complexity index is 329. The molecule has 1 aromatic carbocycles. The molecule has 0 radical (unpaired) electrons. The Morgan fingerprint density at radius 1 is 1.50 bits per heavy atom. The maximum Gasteiger partial charge on any atom is 0.488 e. The van der Waals surface area contributed by atoms with Gasteiger partial charge in [0.15, 0.2) is 0 Å². The molecule has 0 saturated heterocycles. The maximum atomic E-state index is 13.1. The van der Waals surface area contributed by atoms with Gasteiger partial charge in [-0.05, 0) is 11.5 Å². The predicted molar refractivity (Wildman–Crippen MR) is 47.1 cm³/mol. The van der Waals surface area contributed by atoms with Gasteiger partial charge in [-0.3, -0.25) is 4.79 Å². The number of rotatable bonds is 4. The van der Waals surface area contributed by atoms with Crippen LogP contribution in [0.25, 0.3) is 0 Å². The number of hydrogen-bond donors (Lipinski definition) is 2. The fourth-order valence-electron chi connectivity index (χ4n) is 0.965. The third kappa shape index (κ3) is 2.55. The molecule has 4 nitrogen and oxygen atoms in total. The summed E-state index contributed by atoms with van der Waals surface area (Å²) in [5.74, 6) is -0.641. The zero-order valence-electron chi connectivity index (χ0n) is 7.18. The lowest BCUT2D eigenvalue weighted by atomic mass is 9.80. The largest absolute Gasteiger partial charge is 0.488 e. The SMILES string of the molecule is O=COCc1ccc(B(O)O)cc1F. The minimum atomic E-state index is -1.70. The molecular formula is C8H8BFO4. The normalized spacial score (nSPS) is 9.64. The van der Waals surface area contributed by atoms with Crippen LogP contribution in [0.4, 0.5) is 4.39 Å². The van der Waals surface area contributed by atoms with Crippen molar-refractivity contribution in [1.29, 1.82) is 0 Å². The van der Waals surface area contributed by atoms with Crippen molar-refractivity contribution < 1.29 is 24.0 Å². The van der Waals surface area contributed by atoms with Crippen LogP contribution < -0.4 is 5.46 Å². The van der Waals surface area contributed by atoms with E-state index in [1.807, 2.05) is 0 Å². The molecular weight excluding hydrogens is 190 g/mol. The van der Waals surface area contributed by atoms with E-state index < -0.39 is 12.9 Å². The molecule has 0 atom stereocenters. The van der Waals surface area contributed by atoms with Gasteiger partial charge in [-0.2, -0.15) is 0 Å². The molecule has 0 bridgehead atoms. The summed E-state index contributed by atoms with van der Waals surface area (Å²) >= 11 is 0. The van der Waals surface area contributed by atoms with Crippen LogP contribution in [-0.4, -0.2) is 23.6 Å². The molecule has 0 aliphatic rings. The van der Waals surface area contributed by atoms with Gasteiger partial charge in [0.1, 0.15) is 12.4 Å². The average molecular weight is 198 g/mol. The second-order valence-corrected chi connectivity index (χ2v) is 2.63. The first-order chi connectivity index (χ1) is 6.65. The predicted octanol–water partition coefficient (Wildman–Crippen LogP) is -0.821. The summed E-state index contributed by atoms with van der Waals surface area (Å²) in [5, 5.41) is 17.4. The van der Waals surface area contributed by atoms with Crippen LogP contribution in [0.1, 0.15) is 5.56 Å². The molecule has 1 aromatic rings. The smallest absolute Gasteiger partial charge is 0.463 e. The van der Waals surface area contributed by atoms with E-state index >= 15 is 0 Å². The topological polar surface area (TPSA) is 66.8 Å². The summed E-state index contributed by atoms with van der Waals surface area (Å²) in [6, 6.07) is 3.65. The summed E-state index contributed by atoms with van der Waals surface area (Å²) < 4.78 is 17.5. The molecule has 6 heteroatoms. The van der Waals surface area contributed by atoms with E-state index in [1.165, 1.54) is 12.1 Å². The first-order valence-electron chi connectivity index (χ1n) is 3.85. The lowest BCUT2D eigenvalue weighted by Gasteiger charge is -2.04. The van der Waals surface area contributed by atoms with Crippen molar-refractivity contribution in [3.05, 3.63) is 29.6 Å². The van der Waals surface area contributed by atoms with Gasteiger partial charge in [-0.15, -0.1) is 0 Å². The third-order valence-corrected chi connectivity index (χ3v) is 1.68. The highest BCUT2D eigenvalue weighted by molar-refractivity contribution is 6.58. The van der Waals surface area contributed by atoms with E-state index in [2.05, 4.69) is 4.74 Å². The van der Waals surface area contributed by atoms with E-state index in [-0.39, 0.29) is 24.1 Å². The van der Waals surface area contributed by atoms with Crippen LogP contribution in [0.2, 0.25) is 0 Å². The molecule has 0 aliphatic heterocycles. The number of carbonyl (C=O) groups is 1. The van der Waals surface area contributed by atoms with Crippen molar-refractivity contribution in [2.45, 2.75) is 6.61 Å². The average Bonchev–Trinajstić information content (AvgIpc) is 2.15. The molecule has 0 amide bonds. The molecule has 74 valence electrons. The Morgan fingerprint density at radius 2 is 2.21 bits per heavy atom. The zero-order valence-corrected chi connectivity index (χ0v) is 7.18. The first-order valence-corrected chi connectivity index (χ1v) is 3.85. The fraction of sp³-hybridized carbons (Fsp3) is 0.125. The second-order valence-electron chi connectivity index (χ2n) is 2.63. The first kappa shape index (κ1) is 10.7. The van der Waals surface area contributed by atoms with Gasteiger partial charge in [-0.25, -0.2) is 4.39 Å². The highest BCUT2D eigenvalue weighted by atomic mass is 19.1. The molecule has 0 spiro atoms. The maximum absolute atomic E-state index is 13.1.